The number of rotatable bonds is 10. The summed E-state index contributed by atoms with van der Waals surface area (Å²) in [5, 5.41) is 10.2. The third kappa shape index (κ3) is 5.39. The molecule has 0 radical (unpaired) electrons. The lowest BCUT2D eigenvalue weighted by atomic mass is 9.89. The largest absolute Gasteiger partial charge is 0.477 e. The maximum Gasteiger partial charge on any atom is 0.347 e. The molecule has 8 nitrogen and oxygen atoms in total. The normalized spacial score (nSPS) is 19.2. The molecule has 0 bridgehead atoms. The first-order valence-electron chi connectivity index (χ1n) is 10.3. The van der Waals surface area contributed by atoms with Crippen molar-refractivity contribution in [1.29, 1.82) is 0 Å². The Balaban J connectivity index is 1.69. The number of carbonyl (C=O) groups is 2. The summed E-state index contributed by atoms with van der Waals surface area (Å²) in [5.41, 5.74) is 0.767. The predicted octanol–water partition coefficient (Wildman–Crippen LogP) is 4.06. The number of aryl methyl sites for hydroxylation is 1. The Morgan fingerprint density at radius 1 is 1.43 bits per heavy atom. The molecule has 0 amide bonds. The van der Waals surface area contributed by atoms with Crippen molar-refractivity contribution < 1.29 is 19.4 Å². The molecule has 10 heteroatoms. The van der Waals surface area contributed by atoms with Crippen molar-refractivity contribution in [2.45, 2.75) is 52.1 Å². The monoisotopic (exact) mass is 454 g/mol. The summed E-state index contributed by atoms with van der Waals surface area (Å²) in [6.45, 7) is 5.96. The lowest BCUT2D eigenvalue weighted by Crippen LogP contribution is -2.46. The van der Waals surface area contributed by atoms with Crippen LogP contribution in [-0.4, -0.2) is 57.6 Å². The molecular weight excluding hydrogens is 428 g/mol. The van der Waals surface area contributed by atoms with E-state index in [-0.39, 0.29) is 22.7 Å². The number of imidazole rings is 1. The molecule has 164 valence electrons. The molecule has 0 aliphatic carbocycles. The number of hydrogen-bond acceptors (Lipinski definition) is 7. The Morgan fingerprint density at radius 3 is 2.87 bits per heavy atom. The zero-order chi connectivity index (χ0) is 21.7. The molecule has 0 aromatic carbocycles. The lowest BCUT2D eigenvalue weighted by molar-refractivity contribution is 0.00222. The van der Waals surface area contributed by atoms with Crippen LogP contribution in [-0.2, 0) is 11.2 Å². The standard InChI is InChI=1S/C20H27ClN4O4S/c1-3-5-8-29-15-11-25(20-22-10-16(30-20)19(27)28)7-6-12(15)9-14(26)18-23-13(4-2)17(21)24-18/h10,12,15H,3-9,11H2,1-2H3,(H,23,24)(H,27,28)/t12-,15-/m0/s1. The van der Waals surface area contributed by atoms with Gasteiger partial charge < -0.3 is 19.7 Å². The number of carbonyl (C=O) groups excluding carboxylic acids is 1. The van der Waals surface area contributed by atoms with Gasteiger partial charge in [0, 0.05) is 26.1 Å². The molecule has 3 rings (SSSR count). The Hall–Kier alpha value is -1.97. The van der Waals surface area contributed by atoms with E-state index in [1.165, 1.54) is 6.20 Å². The van der Waals surface area contributed by atoms with Crippen molar-refractivity contribution in [3.8, 4) is 0 Å². The second-order valence-electron chi connectivity index (χ2n) is 7.41. The molecule has 1 aliphatic heterocycles. The minimum atomic E-state index is -0.974. The molecule has 1 fully saturated rings. The quantitative estimate of drug-likeness (QED) is 0.411. The highest BCUT2D eigenvalue weighted by molar-refractivity contribution is 7.17. The smallest absolute Gasteiger partial charge is 0.347 e. The first-order chi connectivity index (χ1) is 14.4. The lowest BCUT2D eigenvalue weighted by Gasteiger charge is -2.38. The topological polar surface area (TPSA) is 108 Å². The molecule has 1 aliphatic rings. The van der Waals surface area contributed by atoms with E-state index in [0.717, 1.165) is 36.3 Å². The van der Waals surface area contributed by atoms with Gasteiger partial charge in [0.05, 0.1) is 18.0 Å². The maximum absolute atomic E-state index is 12.8. The first-order valence-corrected chi connectivity index (χ1v) is 11.5. The highest BCUT2D eigenvalue weighted by Crippen LogP contribution is 2.31. The van der Waals surface area contributed by atoms with Crippen LogP contribution in [0.1, 0.15) is 65.5 Å². The van der Waals surface area contributed by atoms with E-state index in [2.05, 4.69) is 21.9 Å². The number of Topliss-reactive ketones (excluding diaryl/α,β-unsaturated/α-hetero) is 1. The van der Waals surface area contributed by atoms with Gasteiger partial charge in [0.1, 0.15) is 4.88 Å². The highest BCUT2D eigenvalue weighted by Gasteiger charge is 2.33. The third-order valence-corrected chi connectivity index (χ3v) is 6.65. The molecular formula is C20H27ClN4O4S. The molecule has 2 atom stereocenters. The summed E-state index contributed by atoms with van der Waals surface area (Å²) in [5.74, 6) is -0.684. The number of aromatic amines is 1. The third-order valence-electron chi connectivity index (χ3n) is 5.29. The van der Waals surface area contributed by atoms with E-state index >= 15 is 0 Å². The van der Waals surface area contributed by atoms with Gasteiger partial charge in [-0.15, -0.1) is 0 Å². The zero-order valence-electron chi connectivity index (χ0n) is 17.2. The van der Waals surface area contributed by atoms with Gasteiger partial charge >= 0.3 is 5.97 Å². The number of aromatic nitrogens is 3. The van der Waals surface area contributed by atoms with Crippen LogP contribution in [0.4, 0.5) is 5.13 Å². The highest BCUT2D eigenvalue weighted by atomic mass is 35.5. The summed E-state index contributed by atoms with van der Waals surface area (Å²) in [6, 6.07) is 0. The number of ketones is 1. The number of thiazole rings is 1. The van der Waals surface area contributed by atoms with Gasteiger partial charge in [0.15, 0.2) is 21.9 Å². The van der Waals surface area contributed by atoms with Crippen molar-refractivity contribution >= 4 is 39.8 Å². The molecule has 0 saturated carbocycles. The number of carboxylic acid groups (broad SMARTS) is 1. The van der Waals surface area contributed by atoms with Gasteiger partial charge in [-0.3, -0.25) is 4.79 Å². The average molecular weight is 455 g/mol. The minimum Gasteiger partial charge on any atom is -0.477 e. The van der Waals surface area contributed by atoms with E-state index in [9.17, 15) is 9.59 Å². The molecule has 2 aromatic rings. The number of anilines is 1. The van der Waals surface area contributed by atoms with Crippen LogP contribution in [0, 0.1) is 5.92 Å². The number of carboxylic acids is 1. The van der Waals surface area contributed by atoms with Crippen LogP contribution < -0.4 is 4.90 Å². The van der Waals surface area contributed by atoms with Gasteiger partial charge in [0.2, 0.25) is 0 Å². The number of nitrogens with one attached hydrogen (secondary N) is 1. The summed E-state index contributed by atoms with van der Waals surface area (Å²) in [4.78, 5) is 37.7. The summed E-state index contributed by atoms with van der Waals surface area (Å²) < 4.78 is 6.14. The number of hydrogen-bond donors (Lipinski definition) is 2. The van der Waals surface area contributed by atoms with Crippen molar-refractivity contribution in [3.05, 3.63) is 27.7 Å². The van der Waals surface area contributed by atoms with Crippen molar-refractivity contribution in [2.75, 3.05) is 24.6 Å². The molecule has 3 heterocycles. The van der Waals surface area contributed by atoms with Crippen LogP contribution in [0.5, 0.6) is 0 Å². The van der Waals surface area contributed by atoms with Gasteiger partial charge in [-0.2, -0.15) is 0 Å². The molecule has 30 heavy (non-hydrogen) atoms. The van der Waals surface area contributed by atoms with E-state index in [0.29, 0.717) is 48.6 Å². The van der Waals surface area contributed by atoms with E-state index in [1.807, 2.05) is 11.8 Å². The summed E-state index contributed by atoms with van der Waals surface area (Å²) in [7, 11) is 0. The first kappa shape index (κ1) is 22.7. The van der Waals surface area contributed by atoms with Crippen LogP contribution in [0.2, 0.25) is 5.15 Å². The fourth-order valence-electron chi connectivity index (χ4n) is 3.54. The van der Waals surface area contributed by atoms with Crippen LogP contribution in [0.15, 0.2) is 6.20 Å². The SMILES string of the molecule is CCCCO[C@H]1CN(c2ncc(C(=O)O)s2)CC[C@H]1CC(=O)c1nc(Cl)c(CC)[nH]1. The molecule has 0 unspecified atom stereocenters. The molecule has 2 N–H and O–H groups in total. The number of ether oxygens (including phenoxy) is 1. The Morgan fingerprint density at radius 2 is 2.23 bits per heavy atom. The van der Waals surface area contributed by atoms with Gasteiger partial charge in [-0.1, -0.05) is 43.2 Å². The second kappa shape index (κ2) is 10.4. The van der Waals surface area contributed by atoms with E-state index in [4.69, 9.17) is 21.4 Å². The molecule has 0 spiro atoms. The fourth-order valence-corrected chi connectivity index (χ4v) is 4.59. The number of halogens is 1. The zero-order valence-corrected chi connectivity index (χ0v) is 18.8. The van der Waals surface area contributed by atoms with Gasteiger partial charge in [-0.05, 0) is 25.2 Å². The Kier molecular flexibility index (Phi) is 7.85. The average Bonchev–Trinajstić information content (AvgIpc) is 3.36. The van der Waals surface area contributed by atoms with Crippen LogP contribution in [0.25, 0.3) is 0 Å². The number of H-pyrrole nitrogens is 1. The number of piperidine rings is 1. The van der Waals surface area contributed by atoms with Crippen LogP contribution in [0.3, 0.4) is 0 Å². The van der Waals surface area contributed by atoms with Crippen molar-refractivity contribution in [1.82, 2.24) is 15.0 Å². The van der Waals surface area contributed by atoms with E-state index < -0.39 is 5.97 Å². The number of unbranched alkanes of at least 4 members (excludes halogenated alkanes) is 1. The second-order valence-corrected chi connectivity index (χ2v) is 8.77. The van der Waals surface area contributed by atoms with Gasteiger partial charge in [-0.25, -0.2) is 14.8 Å². The Labute approximate surface area is 184 Å². The summed E-state index contributed by atoms with van der Waals surface area (Å²) >= 11 is 7.24. The fraction of sp³-hybridized carbons (Fsp3) is 0.600. The van der Waals surface area contributed by atoms with Crippen molar-refractivity contribution in [2.24, 2.45) is 5.92 Å². The van der Waals surface area contributed by atoms with Gasteiger partial charge in [0.25, 0.3) is 0 Å². The molecule has 1 saturated heterocycles. The number of nitrogens with zero attached hydrogens (tertiary/aromatic N) is 3. The van der Waals surface area contributed by atoms with Crippen LogP contribution >= 0.6 is 22.9 Å². The molecule has 2 aromatic heterocycles. The maximum atomic E-state index is 12.8. The predicted molar refractivity (Wildman–Crippen MR) is 116 cm³/mol. The number of aromatic carboxylic acids is 1. The van der Waals surface area contributed by atoms with E-state index in [1.54, 1.807) is 0 Å². The minimum absolute atomic E-state index is 0.0541. The van der Waals surface area contributed by atoms with Crippen molar-refractivity contribution in [3.63, 3.8) is 0 Å². The summed E-state index contributed by atoms with van der Waals surface area (Å²) in [6.07, 6.45) is 4.99. The Bertz CT molecular complexity index is 884.